The highest BCUT2D eigenvalue weighted by molar-refractivity contribution is 7.17. The maximum absolute atomic E-state index is 12.2. The number of amides is 2. The number of rotatable bonds is 29. The fourth-order valence-corrected chi connectivity index (χ4v) is 11.7. The van der Waals surface area contributed by atoms with Gasteiger partial charge in [-0.2, -0.15) is 0 Å². The number of ether oxygens (including phenoxy) is 7. The summed E-state index contributed by atoms with van der Waals surface area (Å²) in [5.74, 6) is 0.194. The van der Waals surface area contributed by atoms with Crippen LogP contribution in [0.5, 0.6) is 0 Å². The van der Waals surface area contributed by atoms with Gasteiger partial charge in [-0.3, -0.25) is 14.5 Å². The van der Waals surface area contributed by atoms with Crippen LogP contribution in [0.1, 0.15) is 47.1 Å². The number of carbonyl (C=O) groups excluding carboxylic acids is 2. The summed E-state index contributed by atoms with van der Waals surface area (Å²) < 4.78 is 43.5. The Labute approximate surface area is 482 Å². The van der Waals surface area contributed by atoms with E-state index in [1.807, 2.05) is 53.4 Å². The number of hydrogen-bond acceptors (Lipinski definition) is 14. The second-order valence-corrected chi connectivity index (χ2v) is 23.2. The standard InChI is InChI=1S/C24H27NO4S.C24H29NO3S.C16H19NO3S/c26-24(9-12-27-11-8-19-6-7-23-21(14-19)10-13-30-23)25-15-22(16-25)29-18-28-17-20-4-2-1-3-5-20;1-2-5-21(6-3-1)18-27-19-28-23-16-25(17-23)11-4-12-26-13-9-20-7-8-24-22(15-20)10-14-29-24;18-14-10-17(11-14)16(19)4-7-20-6-3-12-1-2-15-13(9-12)5-8-21-15/h1-7,10,13-14,22H,8-9,11-12,15-18H2;1-3,5-8,10,14-15,23H,4,9,11-13,16-19H2;1-2,5,8-9,14,18H,3-4,6-7,10-11H2. The zero-order valence-electron chi connectivity index (χ0n) is 45.6. The normalized spacial score (nSPS) is 14.8. The van der Waals surface area contributed by atoms with Gasteiger partial charge in [0.1, 0.15) is 13.6 Å². The van der Waals surface area contributed by atoms with Crippen LogP contribution in [-0.4, -0.2) is 149 Å². The van der Waals surface area contributed by atoms with E-state index in [0.717, 1.165) is 64.1 Å². The molecule has 8 aromatic rings. The van der Waals surface area contributed by atoms with Crippen LogP contribution in [0, 0.1) is 0 Å². The number of nitrogens with zero attached hydrogens (tertiary/aromatic N) is 3. The zero-order valence-corrected chi connectivity index (χ0v) is 48.1. The number of fused-ring (bicyclic) bond motifs is 3. The van der Waals surface area contributed by atoms with Gasteiger partial charge in [-0.15, -0.1) is 34.0 Å². The van der Waals surface area contributed by atoms with Gasteiger partial charge in [0.25, 0.3) is 0 Å². The predicted octanol–water partition coefficient (Wildman–Crippen LogP) is 11.0. The number of carbonyl (C=O) groups is 2. The summed E-state index contributed by atoms with van der Waals surface area (Å²) >= 11 is 5.30. The van der Waals surface area contributed by atoms with E-state index >= 15 is 0 Å². The zero-order chi connectivity index (χ0) is 55.0. The topological polar surface area (TPSA) is 129 Å². The van der Waals surface area contributed by atoms with E-state index in [9.17, 15) is 9.59 Å². The molecule has 6 heterocycles. The molecule has 5 aromatic carbocycles. The molecule has 424 valence electrons. The molecule has 1 N–H and O–H groups in total. The molecule has 0 atom stereocenters. The average molecular weight is 1140 g/mol. The maximum atomic E-state index is 12.2. The molecule has 13 nitrogen and oxygen atoms in total. The van der Waals surface area contributed by atoms with Gasteiger partial charge in [-0.1, -0.05) is 97.1 Å². The first kappa shape index (κ1) is 59.2. The van der Waals surface area contributed by atoms with E-state index in [-0.39, 0.29) is 30.8 Å². The molecule has 3 aromatic heterocycles. The number of hydrogen-bond donors (Lipinski definition) is 1. The fraction of sp³-hybridized carbons (Fsp3) is 0.406. The molecule has 0 bridgehead atoms. The lowest BCUT2D eigenvalue weighted by molar-refractivity contribution is -0.161. The molecule has 0 aliphatic carbocycles. The Kier molecular flexibility index (Phi) is 23.9. The van der Waals surface area contributed by atoms with Crippen LogP contribution in [0.15, 0.2) is 150 Å². The summed E-state index contributed by atoms with van der Waals surface area (Å²) in [5.41, 5.74) is 6.19. The number of benzene rings is 5. The van der Waals surface area contributed by atoms with Crippen LogP contribution in [-0.2, 0) is 75.2 Å². The number of likely N-dealkylation sites (tertiary alicyclic amines) is 3. The lowest BCUT2D eigenvalue weighted by Gasteiger charge is -2.38. The Morgan fingerprint density at radius 3 is 1.30 bits per heavy atom. The fourth-order valence-electron chi connectivity index (χ4n) is 9.39. The smallest absolute Gasteiger partial charge is 0.225 e. The highest BCUT2D eigenvalue weighted by Crippen LogP contribution is 2.25. The summed E-state index contributed by atoms with van der Waals surface area (Å²) in [4.78, 5) is 29.7. The molecule has 0 saturated carbocycles. The molecule has 3 fully saturated rings. The largest absolute Gasteiger partial charge is 0.389 e. The van der Waals surface area contributed by atoms with Crippen molar-refractivity contribution in [2.45, 2.75) is 70.1 Å². The van der Waals surface area contributed by atoms with Crippen molar-refractivity contribution in [3.63, 3.8) is 0 Å². The van der Waals surface area contributed by atoms with E-state index in [4.69, 9.17) is 38.3 Å². The van der Waals surface area contributed by atoms with E-state index in [1.54, 1.807) is 38.9 Å². The molecule has 3 aliphatic heterocycles. The van der Waals surface area contributed by atoms with Crippen LogP contribution in [0.3, 0.4) is 0 Å². The van der Waals surface area contributed by atoms with E-state index in [0.29, 0.717) is 91.6 Å². The Morgan fingerprint density at radius 2 is 0.863 bits per heavy atom. The van der Waals surface area contributed by atoms with E-state index < -0.39 is 0 Å². The quantitative estimate of drug-likeness (QED) is 0.0355. The van der Waals surface area contributed by atoms with E-state index in [1.165, 1.54) is 52.5 Å². The summed E-state index contributed by atoms with van der Waals surface area (Å²) in [5, 5.41) is 19.4. The van der Waals surface area contributed by atoms with Gasteiger partial charge in [0, 0.05) is 66.5 Å². The third-order valence-electron chi connectivity index (χ3n) is 14.2. The maximum Gasteiger partial charge on any atom is 0.225 e. The third-order valence-corrected chi connectivity index (χ3v) is 16.9. The van der Waals surface area contributed by atoms with Gasteiger partial charge >= 0.3 is 0 Å². The summed E-state index contributed by atoms with van der Waals surface area (Å²) in [6.45, 7) is 10.8. The number of aliphatic hydroxyl groups excluding tert-OH is 1. The first-order valence-corrected chi connectivity index (χ1v) is 30.5. The van der Waals surface area contributed by atoms with Crippen LogP contribution in [0.25, 0.3) is 30.3 Å². The first-order valence-electron chi connectivity index (χ1n) is 27.9. The van der Waals surface area contributed by atoms with Gasteiger partial charge in [-0.05, 0) is 122 Å². The average Bonchev–Trinajstić information content (AvgIpc) is 4.25. The molecule has 3 aliphatic rings. The van der Waals surface area contributed by atoms with E-state index in [2.05, 4.69) is 106 Å². The lowest BCUT2D eigenvalue weighted by Crippen LogP contribution is -2.55. The Hall–Kier alpha value is -5.44. The number of β-amino-alcohol motifs (C(OH)–C–C–N with tert-alkyl or cyclic N) is 1. The summed E-state index contributed by atoms with van der Waals surface area (Å²) in [6, 6.07) is 46.4. The molecule has 3 saturated heterocycles. The molecule has 0 spiro atoms. The predicted molar refractivity (Wildman–Crippen MR) is 320 cm³/mol. The monoisotopic (exact) mass is 1140 g/mol. The molecule has 0 unspecified atom stereocenters. The molecule has 16 heteroatoms. The van der Waals surface area contributed by atoms with Crippen molar-refractivity contribution in [1.82, 2.24) is 14.7 Å². The second-order valence-electron chi connectivity index (χ2n) is 20.3. The lowest BCUT2D eigenvalue weighted by atomic mass is 10.1. The summed E-state index contributed by atoms with van der Waals surface area (Å²) in [7, 11) is 0. The second kappa shape index (κ2) is 32.3. The molecule has 0 radical (unpaired) electrons. The number of thiophene rings is 3. The minimum absolute atomic E-state index is 0.0673. The van der Waals surface area contributed by atoms with Crippen molar-refractivity contribution >= 4 is 76.1 Å². The Balaban J connectivity index is 0.000000148. The molecule has 80 heavy (non-hydrogen) atoms. The van der Waals surface area contributed by atoms with Crippen molar-refractivity contribution in [2.24, 2.45) is 0 Å². The van der Waals surface area contributed by atoms with Crippen LogP contribution < -0.4 is 0 Å². The minimum atomic E-state index is -0.332. The minimum Gasteiger partial charge on any atom is -0.389 e. The highest BCUT2D eigenvalue weighted by atomic mass is 32.1. The van der Waals surface area contributed by atoms with Crippen molar-refractivity contribution in [3.8, 4) is 0 Å². The third kappa shape index (κ3) is 19.4. The molecule has 2 amide bonds. The SMILES string of the molecule is O=C(CCOCCc1ccc2sccc2c1)N1CC(O)C1.O=C(CCOCCc1ccc2sccc2c1)N1CC(OCOCc2ccccc2)C1.c1ccc(COCOC2CN(CCCOCCc3ccc4sccc4c3)C2)cc1. The van der Waals surface area contributed by atoms with Crippen molar-refractivity contribution in [2.75, 3.05) is 99.0 Å². The van der Waals surface area contributed by atoms with Crippen LogP contribution >= 0.6 is 34.0 Å². The highest BCUT2D eigenvalue weighted by Gasteiger charge is 2.31. The van der Waals surface area contributed by atoms with Gasteiger partial charge in [0.2, 0.25) is 11.8 Å². The van der Waals surface area contributed by atoms with Gasteiger partial charge in [-0.25, -0.2) is 0 Å². The number of aliphatic hydroxyl groups is 1. The van der Waals surface area contributed by atoms with Crippen molar-refractivity contribution in [1.29, 1.82) is 0 Å². The molecular weight excluding hydrogens is 1070 g/mol. The Bertz CT molecular complexity index is 3060. The first-order chi connectivity index (χ1) is 39.4. The van der Waals surface area contributed by atoms with Crippen LogP contribution in [0.2, 0.25) is 0 Å². The van der Waals surface area contributed by atoms with Gasteiger partial charge in [0.05, 0.1) is 77.4 Å². The van der Waals surface area contributed by atoms with Gasteiger partial charge in [0.15, 0.2) is 0 Å². The molecule has 11 rings (SSSR count). The van der Waals surface area contributed by atoms with Crippen LogP contribution in [0.4, 0.5) is 0 Å². The van der Waals surface area contributed by atoms with Gasteiger partial charge < -0.3 is 48.1 Å². The summed E-state index contributed by atoms with van der Waals surface area (Å²) in [6.07, 6.45) is 4.63. The van der Waals surface area contributed by atoms with Crippen molar-refractivity contribution < 1.29 is 47.9 Å². The molecular formula is C64H75N3O10S3. The van der Waals surface area contributed by atoms with Crippen molar-refractivity contribution in [3.05, 3.63) is 177 Å². The Morgan fingerprint density at radius 1 is 0.450 bits per heavy atom.